The van der Waals surface area contributed by atoms with Crippen molar-refractivity contribution in [1.82, 2.24) is 9.55 Å². The summed E-state index contributed by atoms with van der Waals surface area (Å²) >= 11 is 6.17. The predicted molar refractivity (Wildman–Crippen MR) is 111 cm³/mol. The number of esters is 1. The number of aromatic nitrogens is 2. The van der Waals surface area contributed by atoms with Crippen LogP contribution in [0.5, 0.6) is 0 Å². The summed E-state index contributed by atoms with van der Waals surface area (Å²) in [5.74, 6) is -1.47. The number of hydrogen-bond donors (Lipinski definition) is 1. The Hall–Kier alpha value is -3.52. The number of nitrogens with two attached hydrogens (primary N) is 1. The molecule has 0 atom stereocenters. The molecule has 2 N–H and O–H groups in total. The third kappa shape index (κ3) is 2.96. The average molecular weight is 433 g/mol. The molecule has 0 aliphatic carbocycles. The van der Waals surface area contributed by atoms with Gasteiger partial charge in [-0.2, -0.15) is 0 Å². The molecule has 6 nitrogen and oxygen atoms in total. The summed E-state index contributed by atoms with van der Waals surface area (Å²) in [6, 6.07) is 9.70. The number of alkyl halides is 2. The fraction of sp³-hybridized carbons (Fsp3) is 0.0952. The van der Waals surface area contributed by atoms with Gasteiger partial charge in [0.25, 0.3) is 12.0 Å². The van der Waals surface area contributed by atoms with Crippen LogP contribution in [-0.4, -0.2) is 22.6 Å². The molecule has 0 fully saturated rings. The molecule has 0 aliphatic rings. The first-order chi connectivity index (χ1) is 15.5. The summed E-state index contributed by atoms with van der Waals surface area (Å²) < 4.78 is 53.8. The molecule has 30 heavy (non-hydrogen) atoms. The van der Waals surface area contributed by atoms with Gasteiger partial charge in [0.2, 0.25) is 0 Å². The van der Waals surface area contributed by atoms with Gasteiger partial charge in [-0.1, -0.05) is 35.9 Å². The third-order valence-electron chi connectivity index (χ3n) is 4.76. The highest BCUT2D eigenvalue weighted by molar-refractivity contribution is 6.34. The number of rotatable bonds is 3. The van der Waals surface area contributed by atoms with Gasteiger partial charge in [0.1, 0.15) is 10.7 Å². The second-order valence-electron chi connectivity index (χ2n) is 6.37. The predicted octanol–water partition coefficient (Wildman–Crippen LogP) is 4.50. The van der Waals surface area contributed by atoms with E-state index in [9.17, 15) is 18.4 Å². The molecule has 0 radical (unpaired) electrons. The van der Waals surface area contributed by atoms with Crippen molar-refractivity contribution in [3.8, 4) is 5.69 Å². The van der Waals surface area contributed by atoms with Crippen LogP contribution in [0, 0.1) is 0 Å². The molecule has 0 aliphatic heterocycles. The number of hydrogen-bond acceptors (Lipinski definition) is 5. The van der Waals surface area contributed by atoms with Crippen molar-refractivity contribution in [3.05, 3.63) is 75.3 Å². The molecule has 2 aromatic carbocycles. The maximum absolute atomic E-state index is 13.5. The van der Waals surface area contributed by atoms with Crippen LogP contribution in [0.2, 0.25) is 5.15 Å². The Balaban J connectivity index is 2.17. The first kappa shape index (κ1) is 16.3. The summed E-state index contributed by atoms with van der Waals surface area (Å²) in [4.78, 5) is 30.1. The van der Waals surface area contributed by atoms with Gasteiger partial charge >= 0.3 is 5.97 Å². The molecule has 0 saturated heterocycles. The van der Waals surface area contributed by atoms with Crippen molar-refractivity contribution in [1.29, 1.82) is 0 Å². The van der Waals surface area contributed by atoms with E-state index in [1.807, 2.05) is 0 Å². The van der Waals surface area contributed by atoms with E-state index in [0.717, 1.165) is 16.7 Å². The van der Waals surface area contributed by atoms with Gasteiger partial charge in [-0.15, -0.1) is 0 Å². The van der Waals surface area contributed by atoms with Crippen LogP contribution >= 0.6 is 11.6 Å². The van der Waals surface area contributed by atoms with Gasteiger partial charge in [-0.05, 0) is 18.2 Å². The largest absolute Gasteiger partial charge is 0.465 e. The van der Waals surface area contributed by atoms with Crippen LogP contribution in [0.1, 0.15) is 26.5 Å². The third-order valence-corrected chi connectivity index (χ3v) is 5.06. The topological polar surface area (TPSA) is 87.2 Å². The van der Waals surface area contributed by atoms with Gasteiger partial charge in [-0.25, -0.2) is 18.6 Å². The van der Waals surface area contributed by atoms with E-state index >= 15 is 0 Å². The van der Waals surface area contributed by atoms with Crippen molar-refractivity contribution < 1.29 is 22.4 Å². The van der Waals surface area contributed by atoms with E-state index in [2.05, 4.69) is 9.72 Å². The second kappa shape index (κ2) is 7.38. The lowest BCUT2D eigenvalue weighted by Crippen LogP contribution is -2.28. The minimum atomic E-state index is -3.13. The standard InChI is InChI=1S/C21H14ClF2N3O3/c1-30-21(29)16-17(25)13-6-5-10(19(23)24)9-15(13)27(20(16)28)14-4-2-3-12-11(14)7-8-26-18(12)22/h2-9,19H,25H2,1H3/i1D3. The fourth-order valence-electron chi connectivity index (χ4n) is 3.41. The van der Waals surface area contributed by atoms with E-state index in [-0.39, 0.29) is 33.0 Å². The second-order valence-corrected chi connectivity index (χ2v) is 6.73. The summed E-state index contributed by atoms with van der Waals surface area (Å²) in [6.45, 7) is 0. The zero-order chi connectivity index (χ0) is 24.1. The lowest BCUT2D eigenvalue weighted by molar-refractivity contribution is 0.0599. The Kier molecular flexibility index (Phi) is 4.01. The fourth-order valence-corrected chi connectivity index (χ4v) is 3.63. The first-order valence-corrected chi connectivity index (χ1v) is 8.90. The summed E-state index contributed by atoms with van der Waals surface area (Å²) in [5, 5.41) is 1.11. The van der Waals surface area contributed by atoms with Gasteiger partial charge < -0.3 is 10.5 Å². The monoisotopic (exact) mass is 432 g/mol. The average Bonchev–Trinajstić information content (AvgIpc) is 2.72. The van der Waals surface area contributed by atoms with E-state index in [1.54, 1.807) is 18.2 Å². The smallest absolute Gasteiger partial charge is 0.345 e. The van der Waals surface area contributed by atoms with Crippen LogP contribution in [0.15, 0.2) is 53.5 Å². The summed E-state index contributed by atoms with van der Waals surface area (Å²) in [6.07, 6.45) is -1.45. The molecule has 9 heteroatoms. The number of nitrogens with zero attached hydrogens (tertiary/aromatic N) is 2. The Morgan fingerprint density at radius 2 is 2.03 bits per heavy atom. The molecule has 0 spiro atoms. The Morgan fingerprint density at radius 3 is 2.77 bits per heavy atom. The minimum absolute atomic E-state index is 0.0128. The highest BCUT2D eigenvalue weighted by Crippen LogP contribution is 2.32. The van der Waals surface area contributed by atoms with E-state index in [4.69, 9.17) is 21.4 Å². The zero-order valence-corrected chi connectivity index (χ0v) is 15.8. The van der Waals surface area contributed by atoms with Crippen LogP contribution in [-0.2, 0) is 4.74 Å². The normalized spacial score (nSPS) is 13.3. The van der Waals surface area contributed by atoms with Gasteiger partial charge in [0, 0.05) is 27.9 Å². The zero-order valence-electron chi connectivity index (χ0n) is 18.0. The molecule has 0 unspecified atom stereocenters. The maximum Gasteiger partial charge on any atom is 0.345 e. The van der Waals surface area contributed by atoms with Crippen LogP contribution in [0.4, 0.5) is 14.5 Å². The number of carbonyl (C=O) groups is 1. The summed E-state index contributed by atoms with van der Waals surface area (Å²) in [5.41, 5.74) is 3.67. The molecule has 2 aromatic heterocycles. The highest BCUT2D eigenvalue weighted by Gasteiger charge is 2.24. The quantitative estimate of drug-likeness (QED) is 0.380. The highest BCUT2D eigenvalue weighted by atomic mass is 35.5. The molecule has 4 aromatic rings. The van der Waals surface area contributed by atoms with Crippen molar-refractivity contribution >= 4 is 44.9 Å². The van der Waals surface area contributed by atoms with Gasteiger partial charge in [0.15, 0.2) is 0 Å². The molecule has 0 amide bonds. The SMILES string of the molecule is [2H]C([2H])([2H])OC(=O)c1c(N)c2ccc(C(F)F)cc2n(-c2cccc3c(Cl)nccc23)c1=O. The van der Waals surface area contributed by atoms with Gasteiger partial charge in [0.05, 0.1) is 28.0 Å². The number of anilines is 1. The van der Waals surface area contributed by atoms with Crippen LogP contribution in [0.25, 0.3) is 27.4 Å². The Labute approximate surface area is 177 Å². The molecular formula is C21H14ClF2N3O3. The molecule has 0 bridgehead atoms. The number of benzene rings is 2. The van der Waals surface area contributed by atoms with E-state index in [1.165, 1.54) is 18.3 Å². The van der Waals surface area contributed by atoms with E-state index in [0.29, 0.717) is 10.8 Å². The van der Waals surface area contributed by atoms with Crippen molar-refractivity contribution in [2.45, 2.75) is 6.43 Å². The number of halogens is 3. The number of ether oxygens (including phenoxy) is 1. The summed E-state index contributed by atoms with van der Waals surface area (Å²) in [7, 11) is -3.13. The van der Waals surface area contributed by atoms with Crippen molar-refractivity contribution in [2.75, 3.05) is 12.8 Å². The number of pyridine rings is 2. The number of nitrogen functional groups attached to an aromatic ring is 1. The van der Waals surface area contributed by atoms with Crippen molar-refractivity contribution in [3.63, 3.8) is 0 Å². The Bertz CT molecular complexity index is 1490. The minimum Gasteiger partial charge on any atom is -0.465 e. The van der Waals surface area contributed by atoms with Gasteiger partial charge in [-0.3, -0.25) is 9.36 Å². The lowest BCUT2D eigenvalue weighted by atomic mass is 10.0. The molecule has 0 saturated carbocycles. The maximum atomic E-state index is 13.5. The van der Waals surface area contributed by atoms with Crippen LogP contribution in [0.3, 0.4) is 0 Å². The van der Waals surface area contributed by atoms with E-state index < -0.39 is 30.6 Å². The Morgan fingerprint density at radius 1 is 1.23 bits per heavy atom. The molecule has 4 rings (SSSR count). The van der Waals surface area contributed by atoms with Crippen LogP contribution < -0.4 is 11.3 Å². The lowest BCUT2D eigenvalue weighted by Gasteiger charge is -2.17. The first-order valence-electron chi connectivity index (χ1n) is 10.0. The number of fused-ring (bicyclic) bond motifs is 2. The molecule has 2 heterocycles. The number of carbonyl (C=O) groups excluding carboxylic acids is 1. The van der Waals surface area contributed by atoms with Crippen molar-refractivity contribution in [2.24, 2.45) is 0 Å². The molecule has 152 valence electrons. The number of methoxy groups -OCH3 is 1. The molecular weight excluding hydrogens is 416 g/mol.